The van der Waals surface area contributed by atoms with Gasteiger partial charge in [0.2, 0.25) is 0 Å². The summed E-state index contributed by atoms with van der Waals surface area (Å²) in [5, 5.41) is 0. The molecule has 2 aromatic carbocycles. The van der Waals surface area contributed by atoms with Crippen molar-refractivity contribution in [3.8, 4) is 11.5 Å². The van der Waals surface area contributed by atoms with Crippen molar-refractivity contribution in [1.82, 2.24) is 4.57 Å². The highest BCUT2D eigenvalue weighted by atomic mass is 79.9. The highest BCUT2D eigenvalue weighted by Gasteiger charge is 2.35. The molecule has 0 N–H and O–H groups in total. The summed E-state index contributed by atoms with van der Waals surface area (Å²) in [4.78, 5) is 32.3. The topological polar surface area (TPSA) is 79.1 Å². The molecule has 3 aromatic rings. The fourth-order valence-electron chi connectivity index (χ4n) is 4.21. The minimum absolute atomic E-state index is 0.103. The normalized spacial score (nSPS) is 15.2. The van der Waals surface area contributed by atoms with Crippen molar-refractivity contribution in [3.63, 3.8) is 0 Å². The Morgan fingerprint density at radius 2 is 2.00 bits per heavy atom. The number of carbonyl (C=O) groups excluding carboxylic acids is 1. The van der Waals surface area contributed by atoms with Crippen LogP contribution >= 0.6 is 27.3 Å². The first-order valence-electron chi connectivity index (χ1n) is 12.2. The number of hydrogen-bond donors (Lipinski definition) is 0. The Hall–Kier alpha value is -3.43. The number of carbonyl (C=O) groups is 1. The van der Waals surface area contributed by atoms with Gasteiger partial charge in [-0.2, -0.15) is 0 Å². The highest BCUT2D eigenvalue weighted by Crippen LogP contribution is 2.36. The number of allylic oxidation sites excluding steroid dienone is 1. The molecule has 0 fully saturated rings. The molecule has 198 valence electrons. The maximum atomic E-state index is 14.0. The average Bonchev–Trinajstić information content (AvgIpc) is 3.17. The fraction of sp³-hybridized carbons (Fsp3) is 0.276. The number of aromatic nitrogens is 1. The molecular weight excluding hydrogens is 568 g/mol. The Morgan fingerprint density at radius 3 is 2.71 bits per heavy atom. The van der Waals surface area contributed by atoms with Crippen LogP contribution in [0.15, 0.2) is 80.6 Å². The molecule has 1 aromatic heterocycles. The van der Waals surface area contributed by atoms with Gasteiger partial charge in [0.15, 0.2) is 4.80 Å². The predicted molar refractivity (Wildman–Crippen MR) is 152 cm³/mol. The quantitative estimate of drug-likeness (QED) is 0.259. The summed E-state index contributed by atoms with van der Waals surface area (Å²) in [6, 6.07) is 12.3. The van der Waals surface area contributed by atoms with E-state index < -0.39 is 12.0 Å². The molecule has 0 saturated heterocycles. The summed E-state index contributed by atoms with van der Waals surface area (Å²) in [6.45, 7) is 11.6. The summed E-state index contributed by atoms with van der Waals surface area (Å²) < 4.78 is 20.2. The molecule has 1 aliphatic rings. The summed E-state index contributed by atoms with van der Waals surface area (Å²) in [5.74, 6) is 0.694. The number of fused-ring (bicyclic) bond motifs is 1. The third-order valence-corrected chi connectivity index (χ3v) is 7.18. The second-order valence-corrected chi connectivity index (χ2v) is 10.7. The molecule has 0 bridgehead atoms. The molecule has 38 heavy (non-hydrogen) atoms. The van der Waals surface area contributed by atoms with Crippen molar-refractivity contribution in [2.75, 3.05) is 13.2 Å². The van der Waals surface area contributed by atoms with E-state index in [0.717, 1.165) is 10.0 Å². The molecule has 7 nitrogen and oxygen atoms in total. The average molecular weight is 598 g/mol. The zero-order valence-electron chi connectivity index (χ0n) is 21.7. The van der Waals surface area contributed by atoms with Crippen molar-refractivity contribution in [3.05, 3.63) is 102 Å². The maximum Gasteiger partial charge on any atom is 0.338 e. The van der Waals surface area contributed by atoms with Gasteiger partial charge in [-0.25, -0.2) is 9.79 Å². The van der Waals surface area contributed by atoms with Gasteiger partial charge in [-0.1, -0.05) is 58.1 Å². The standard InChI is InChI=1S/C29H29BrN2O5S/c1-6-14-36-22-13-12-20(30)15-19(22)16-24-27(33)32-26(21-10-8-9-11-23(21)37-17(3)4)25(28(34)35-7-2)18(5)31-29(32)38-24/h6,8-13,15-17,26H,1,7,14H2,2-5H3/b24-16-/t26-/m1/s1. The second kappa shape index (κ2) is 12.0. The molecule has 0 saturated carbocycles. The SMILES string of the molecule is C=CCOc1ccc(Br)cc1/C=c1\sc2n(c1=O)[C@H](c1ccccc1OC(C)C)C(C(=O)OCC)=C(C)N=2. The van der Waals surface area contributed by atoms with Crippen molar-refractivity contribution < 1.29 is 19.0 Å². The lowest BCUT2D eigenvalue weighted by molar-refractivity contribution is -0.139. The van der Waals surface area contributed by atoms with E-state index in [1.54, 1.807) is 30.6 Å². The Morgan fingerprint density at radius 1 is 1.24 bits per heavy atom. The van der Waals surface area contributed by atoms with E-state index in [0.29, 0.717) is 44.3 Å². The van der Waals surface area contributed by atoms with Crippen LogP contribution in [0.2, 0.25) is 0 Å². The molecule has 0 spiro atoms. The van der Waals surface area contributed by atoms with Gasteiger partial charge in [-0.15, -0.1) is 0 Å². The molecule has 1 aliphatic heterocycles. The number of para-hydroxylation sites is 1. The lowest BCUT2D eigenvalue weighted by Crippen LogP contribution is -2.40. The molecule has 9 heteroatoms. The van der Waals surface area contributed by atoms with Crippen LogP contribution in [0.1, 0.15) is 44.9 Å². The molecule has 0 radical (unpaired) electrons. The monoisotopic (exact) mass is 596 g/mol. The summed E-state index contributed by atoms with van der Waals surface area (Å²) in [6.07, 6.45) is 3.34. The van der Waals surface area contributed by atoms with E-state index in [1.807, 2.05) is 56.3 Å². The number of rotatable bonds is 9. The summed E-state index contributed by atoms with van der Waals surface area (Å²) in [5.41, 5.74) is 1.94. The third-order valence-electron chi connectivity index (χ3n) is 5.71. The molecule has 0 unspecified atom stereocenters. The zero-order chi connectivity index (χ0) is 27.4. The Kier molecular flexibility index (Phi) is 8.69. The molecule has 0 amide bonds. The van der Waals surface area contributed by atoms with E-state index in [4.69, 9.17) is 14.2 Å². The molecule has 2 heterocycles. The van der Waals surface area contributed by atoms with E-state index >= 15 is 0 Å². The van der Waals surface area contributed by atoms with E-state index in [-0.39, 0.29) is 18.3 Å². The predicted octanol–water partition coefficient (Wildman–Crippen LogP) is 4.91. The van der Waals surface area contributed by atoms with Gasteiger partial charge in [0.1, 0.15) is 24.1 Å². The van der Waals surface area contributed by atoms with Crippen molar-refractivity contribution in [2.24, 2.45) is 4.99 Å². The van der Waals surface area contributed by atoms with Gasteiger partial charge >= 0.3 is 5.97 Å². The molecular formula is C29H29BrN2O5S. The largest absolute Gasteiger partial charge is 0.491 e. The van der Waals surface area contributed by atoms with Crippen molar-refractivity contribution in [2.45, 2.75) is 39.8 Å². The number of halogens is 1. The van der Waals surface area contributed by atoms with Crippen molar-refractivity contribution >= 4 is 39.3 Å². The van der Waals surface area contributed by atoms with Gasteiger partial charge in [0.25, 0.3) is 5.56 Å². The molecule has 4 rings (SSSR count). The minimum atomic E-state index is -0.763. The van der Waals surface area contributed by atoms with Gasteiger partial charge in [-0.3, -0.25) is 9.36 Å². The van der Waals surface area contributed by atoms with Crippen LogP contribution in [0.5, 0.6) is 11.5 Å². The highest BCUT2D eigenvalue weighted by molar-refractivity contribution is 9.10. The number of hydrogen-bond acceptors (Lipinski definition) is 7. The molecule has 1 atom stereocenters. The Bertz CT molecular complexity index is 1580. The van der Waals surface area contributed by atoms with Crippen LogP contribution in [0.25, 0.3) is 6.08 Å². The lowest BCUT2D eigenvalue weighted by Gasteiger charge is -2.26. The van der Waals surface area contributed by atoms with Crippen LogP contribution in [0.4, 0.5) is 0 Å². The van der Waals surface area contributed by atoms with Crippen LogP contribution in [-0.4, -0.2) is 29.9 Å². The molecule has 0 aliphatic carbocycles. The first-order chi connectivity index (χ1) is 18.2. The van der Waals surface area contributed by atoms with Crippen LogP contribution in [0.3, 0.4) is 0 Å². The van der Waals surface area contributed by atoms with Gasteiger partial charge in [-0.05, 0) is 58.0 Å². The lowest BCUT2D eigenvalue weighted by atomic mass is 9.95. The van der Waals surface area contributed by atoms with Crippen LogP contribution in [0, 0.1) is 0 Å². The summed E-state index contributed by atoms with van der Waals surface area (Å²) in [7, 11) is 0. The Labute approximate surface area is 233 Å². The minimum Gasteiger partial charge on any atom is -0.491 e. The first kappa shape index (κ1) is 27.6. The second-order valence-electron chi connectivity index (χ2n) is 8.79. The third kappa shape index (κ3) is 5.68. The number of ether oxygens (including phenoxy) is 3. The number of thiazole rings is 1. The fourth-order valence-corrected chi connectivity index (χ4v) is 5.62. The number of nitrogens with zero attached hydrogens (tertiary/aromatic N) is 2. The van der Waals surface area contributed by atoms with Crippen molar-refractivity contribution in [1.29, 1.82) is 0 Å². The summed E-state index contributed by atoms with van der Waals surface area (Å²) >= 11 is 4.76. The van der Waals surface area contributed by atoms with Crippen LogP contribution in [-0.2, 0) is 9.53 Å². The zero-order valence-corrected chi connectivity index (χ0v) is 24.1. The van der Waals surface area contributed by atoms with Gasteiger partial charge in [0, 0.05) is 15.6 Å². The number of esters is 1. The number of benzene rings is 2. The maximum absolute atomic E-state index is 14.0. The van der Waals surface area contributed by atoms with E-state index in [1.165, 1.54) is 11.3 Å². The van der Waals surface area contributed by atoms with E-state index in [9.17, 15) is 9.59 Å². The van der Waals surface area contributed by atoms with Gasteiger partial charge in [0.05, 0.1) is 28.5 Å². The van der Waals surface area contributed by atoms with Gasteiger partial charge < -0.3 is 14.2 Å². The first-order valence-corrected chi connectivity index (χ1v) is 13.8. The Balaban J connectivity index is 1.97. The smallest absolute Gasteiger partial charge is 0.338 e. The van der Waals surface area contributed by atoms with E-state index in [2.05, 4.69) is 27.5 Å². The van der Waals surface area contributed by atoms with Crippen LogP contribution < -0.4 is 24.4 Å².